The largest absolute Gasteiger partial charge is 0.464 e. The van der Waals surface area contributed by atoms with E-state index < -0.39 is 8.15 Å². The zero-order chi connectivity index (χ0) is 14.5. The quantitative estimate of drug-likeness (QED) is 0.647. The molecule has 0 radical (unpaired) electrons. The van der Waals surface area contributed by atoms with Crippen LogP contribution in [0.4, 0.5) is 0 Å². The molecule has 0 saturated heterocycles. The van der Waals surface area contributed by atoms with Gasteiger partial charge in [0.25, 0.3) is 0 Å². The molecule has 2 heteroatoms. The molecule has 0 aliphatic carbocycles. The van der Waals surface area contributed by atoms with Gasteiger partial charge in [-0.15, -0.1) is 0 Å². The van der Waals surface area contributed by atoms with Gasteiger partial charge in [-0.3, -0.25) is 0 Å². The lowest BCUT2D eigenvalue weighted by Crippen LogP contribution is -2.17. The fraction of sp³-hybridized carbons (Fsp3) is 0.0526. The number of hydrogen-bond acceptors (Lipinski definition) is 1. The summed E-state index contributed by atoms with van der Waals surface area (Å²) >= 11 is 0. The second-order valence-electron chi connectivity index (χ2n) is 4.82. The Balaban J connectivity index is 2.02. The lowest BCUT2D eigenvalue weighted by Gasteiger charge is -2.20. The molecule has 0 fully saturated rings. The SMILES string of the molecule is Cc1ccccc1[P@](Oc1ccccc1)c1ccccc1. The van der Waals surface area contributed by atoms with Gasteiger partial charge in [0, 0.05) is 10.6 Å². The second-order valence-corrected chi connectivity index (χ2v) is 6.59. The number of benzene rings is 3. The van der Waals surface area contributed by atoms with Crippen molar-refractivity contribution in [1.29, 1.82) is 0 Å². The highest BCUT2D eigenvalue weighted by atomic mass is 31.1. The summed E-state index contributed by atoms with van der Waals surface area (Å²) in [7, 11) is -0.848. The molecule has 104 valence electrons. The van der Waals surface area contributed by atoms with Gasteiger partial charge in [-0.25, -0.2) is 0 Å². The number of aryl methyl sites for hydroxylation is 1. The van der Waals surface area contributed by atoms with Gasteiger partial charge in [-0.05, 0) is 24.6 Å². The van der Waals surface area contributed by atoms with E-state index in [1.807, 2.05) is 36.4 Å². The highest BCUT2D eigenvalue weighted by Gasteiger charge is 2.18. The van der Waals surface area contributed by atoms with Crippen molar-refractivity contribution in [2.24, 2.45) is 0 Å². The predicted molar refractivity (Wildman–Crippen MR) is 90.9 cm³/mol. The van der Waals surface area contributed by atoms with Gasteiger partial charge < -0.3 is 4.52 Å². The van der Waals surface area contributed by atoms with E-state index in [0.29, 0.717) is 0 Å². The van der Waals surface area contributed by atoms with E-state index >= 15 is 0 Å². The molecule has 3 aromatic carbocycles. The highest BCUT2D eigenvalue weighted by Crippen LogP contribution is 2.37. The molecule has 21 heavy (non-hydrogen) atoms. The summed E-state index contributed by atoms with van der Waals surface area (Å²) < 4.78 is 6.33. The van der Waals surface area contributed by atoms with Crippen LogP contribution in [0.2, 0.25) is 0 Å². The number of rotatable bonds is 4. The van der Waals surface area contributed by atoms with Crippen LogP contribution in [0.15, 0.2) is 84.9 Å². The van der Waals surface area contributed by atoms with Crippen LogP contribution >= 0.6 is 8.15 Å². The maximum absolute atomic E-state index is 6.33. The Kier molecular flexibility index (Phi) is 4.33. The van der Waals surface area contributed by atoms with E-state index in [0.717, 1.165) is 5.75 Å². The zero-order valence-corrected chi connectivity index (χ0v) is 12.8. The molecule has 0 aromatic heterocycles. The third kappa shape index (κ3) is 3.32. The third-order valence-corrected chi connectivity index (χ3v) is 5.36. The Bertz CT molecular complexity index is 695. The first kappa shape index (κ1) is 13.9. The van der Waals surface area contributed by atoms with E-state index in [4.69, 9.17) is 4.52 Å². The first-order valence-corrected chi connectivity index (χ1v) is 8.24. The molecule has 0 unspecified atom stereocenters. The molecule has 0 aliphatic rings. The monoisotopic (exact) mass is 292 g/mol. The molecular formula is C19H17OP. The van der Waals surface area contributed by atoms with Crippen molar-refractivity contribution in [3.05, 3.63) is 90.5 Å². The minimum absolute atomic E-state index is 0.848. The number of para-hydroxylation sites is 1. The van der Waals surface area contributed by atoms with Gasteiger partial charge >= 0.3 is 0 Å². The van der Waals surface area contributed by atoms with Crippen molar-refractivity contribution in [3.8, 4) is 5.75 Å². The summed E-state index contributed by atoms with van der Waals surface area (Å²) in [6, 6.07) is 28.9. The first-order chi connectivity index (χ1) is 10.3. The van der Waals surface area contributed by atoms with Crippen molar-refractivity contribution in [2.75, 3.05) is 0 Å². The maximum atomic E-state index is 6.33. The van der Waals surface area contributed by atoms with Gasteiger partial charge in [0.1, 0.15) is 5.75 Å². The van der Waals surface area contributed by atoms with Gasteiger partial charge in [0.05, 0.1) is 0 Å². The van der Waals surface area contributed by atoms with Crippen LogP contribution in [-0.4, -0.2) is 0 Å². The molecule has 0 N–H and O–H groups in total. The summed E-state index contributed by atoms with van der Waals surface area (Å²) in [6.07, 6.45) is 0. The van der Waals surface area contributed by atoms with E-state index in [-0.39, 0.29) is 0 Å². The van der Waals surface area contributed by atoms with Crippen LogP contribution in [0.5, 0.6) is 5.75 Å². The van der Waals surface area contributed by atoms with E-state index in [1.165, 1.54) is 16.2 Å². The van der Waals surface area contributed by atoms with Gasteiger partial charge in [-0.2, -0.15) is 0 Å². The normalized spacial score (nSPS) is 11.9. The van der Waals surface area contributed by atoms with Crippen LogP contribution < -0.4 is 15.1 Å². The average molecular weight is 292 g/mol. The molecule has 3 aromatic rings. The molecule has 0 bridgehead atoms. The summed E-state index contributed by atoms with van der Waals surface area (Å²) in [5.74, 6) is 0.913. The van der Waals surface area contributed by atoms with Crippen LogP contribution in [-0.2, 0) is 0 Å². The molecule has 0 heterocycles. The Morgan fingerprint density at radius 1 is 0.667 bits per heavy atom. The lowest BCUT2D eigenvalue weighted by molar-refractivity contribution is 0.629. The summed E-state index contributed by atoms with van der Waals surface area (Å²) in [5.41, 5.74) is 1.27. The minimum Gasteiger partial charge on any atom is -0.464 e. The Morgan fingerprint density at radius 3 is 1.90 bits per heavy atom. The van der Waals surface area contributed by atoms with Crippen LogP contribution in [0.3, 0.4) is 0 Å². The molecule has 1 nitrogen and oxygen atoms in total. The van der Waals surface area contributed by atoms with Gasteiger partial charge in [0.15, 0.2) is 8.15 Å². The Labute approximate surface area is 127 Å². The number of hydrogen-bond donors (Lipinski definition) is 0. The highest BCUT2D eigenvalue weighted by molar-refractivity contribution is 7.69. The molecule has 1 atom stereocenters. The molecule has 0 saturated carbocycles. The van der Waals surface area contributed by atoms with E-state index in [9.17, 15) is 0 Å². The smallest absolute Gasteiger partial charge is 0.151 e. The average Bonchev–Trinajstić information content (AvgIpc) is 2.55. The Hall–Kier alpha value is -2.11. The topological polar surface area (TPSA) is 9.23 Å². The van der Waals surface area contributed by atoms with Crippen LogP contribution in [0.1, 0.15) is 5.56 Å². The van der Waals surface area contributed by atoms with Crippen molar-refractivity contribution in [3.63, 3.8) is 0 Å². The zero-order valence-electron chi connectivity index (χ0n) is 11.9. The fourth-order valence-corrected chi connectivity index (χ4v) is 4.06. The van der Waals surface area contributed by atoms with Crippen molar-refractivity contribution < 1.29 is 4.52 Å². The molecule has 3 rings (SSSR count). The minimum atomic E-state index is -0.848. The molecular weight excluding hydrogens is 275 g/mol. The standard InChI is InChI=1S/C19H17OP/c1-16-10-8-9-15-19(16)21(18-13-6-3-7-14-18)20-17-11-4-2-5-12-17/h2-15H,1H3/t21-/m1/s1. The Morgan fingerprint density at radius 2 is 1.24 bits per heavy atom. The predicted octanol–water partition coefficient (Wildman–Crippen LogP) is 4.42. The fourth-order valence-electron chi connectivity index (χ4n) is 2.18. The van der Waals surface area contributed by atoms with Crippen LogP contribution in [0, 0.1) is 6.92 Å². The van der Waals surface area contributed by atoms with E-state index in [2.05, 4.69) is 55.5 Å². The van der Waals surface area contributed by atoms with Gasteiger partial charge in [0.2, 0.25) is 0 Å². The second kappa shape index (κ2) is 6.56. The van der Waals surface area contributed by atoms with Crippen LogP contribution in [0.25, 0.3) is 0 Å². The third-order valence-electron chi connectivity index (χ3n) is 3.26. The van der Waals surface area contributed by atoms with Crippen molar-refractivity contribution in [2.45, 2.75) is 6.92 Å². The first-order valence-electron chi connectivity index (χ1n) is 6.98. The molecule has 0 amide bonds. The van der Waals surface area contributed by atoms with Crippen molar-refractivity contribution in [1.82, 2.24) is 0 Å². The summed E-state index contributed by atoms with van der Waals surface area (Å²) in [6.45, 7) is 2.14. The van der Waals surface area contributed by atoms with Gasteiger partial charge in [-0.1, -0.05) is 72.8 Å². The lowest BCUT2D eigenvalue weighted by atomic mass is 10.2. The summed E-state index contributed by atoms with van der Waals surface area (Å²) in [4.78, 5) is 0. The van der Waals surface area contributed by atoms with E-state index in [1.54, 1.807) is 0 Å². The molecule has 0 aliphatic heterocycles. The van der Waals surface area contributed by atoms with Crippen molar-refractivity contribution >= 4 is 18.8 Å². The summed E-state index contributed by atoms with van der Waals surface area (Å²) in [5, 5.41) is 2.49. The molecule has 0 spiro atoms. The maximum Gasteiger partial charge on any atom is 0.151 e.